The number of anilines is 1. The Morgan fingerprint density at radius 1 is 1.54 bits per heavy atom. The molecule has 7 heteroatoms. The van der Waals surface area contributed by atoms with E-state index in [1.807, 2.05) is 0 Å². The molecule has 0 radical (unpaired) electrons. The molecule has 13 heavy (non-hydrogen) atoms. The fraction of sp³-hybridized carbons (Fsp3) is 0.667. The number of aryl methyl sites for hydroxylation is 1. The fourth-order valence-electron chi connectivity index (χ4n) is 0.634. The number of aromatic nitrogens is 3. The minimum Gasteiger partial charge on any atom is -0.251 e. The third-order valence-corrected chi connectivity index (χ3v) is 3.27. The number of hydrogen-bond acceptors (Lipinski definition) is 4. The smallest absolute Gasteiger partial charge is 0.237 e. The van der Waals surface area contributed by atoms with Crippen LogP contribution >= 0.6 is 0 Å². The average molecular weight is 204 g/mol. The van der Waals surface area contributed by atoms with Gasteiger partial charge in [-0.15, -0.1) is 0 Å². The maximum atomic E-state index is 11.4. The lowest BCUT2D eigenvalue weighted by Crippen LogP contribution is -2.24. The summed E-state index contributed by atoms with van der Waals surface area (Å²) >= 11 is 0. The molecule has 0 aliphatic heterocycles. The molecule has 1 N–H and O–H groups in total. The molecule has 1 aromatic rings. The maximum absolute atomic E-state index is 11.4. The van der Waals surface area contributed by atoms with Crippen molar-refractivity contribution < 1.29 is 8.42 Å². The van der Waals surface area contributed by atoms with Gasteiger partial charge in [0.05, 0.1) is 5.25 Å². The SMILES string of the molecule is CC(C)S(=O)(=O)Nc1ncnn1C. The van der Waals surface area contributed by atoms with Gasteiger partial charge in [0.2, 0.25) is 16.0 Å². The lowest BCUT2D eigenvalue weighted by atomic mass is 10.6. The summed E-state index contributed by atoms with van der Waals surface area (Å²) in [6.45, 7) is 3.19. The summed E-state index contributed by atoms with van der Waals surface area (Å²) in [6, 6.07) is 0. The van der Waals surface area contributed by atoms with Crippen molar-refractivity contribution in [2.75, 3.05) is 4.72 Å². The third kappa shape index (κ3) is 2.18. The molecule has 6 nitrogen and oxygen atoms in total. The number of sulfonamides is 1. The summed E-state index contributed by atoms with van der Waals surface area (Å²) in [6.07, 6.45) is 1.29. The van der Waals surface area contributed by atoms with Crippen LogP contribution < -0.4 is 4.72 Å². The maximum Gasteiger partial charge on any atom is 0.237 e. The summed E-state index contributed by atoms with van der Waals surface area (Å²) < 4.78 is 26.4. The first-order chi connectivity index (χ1) is 5.93. The van der Waals surface area contributed by atoms with Gasteiger partial charge in [0.25, 0.3) is 0 Å². The first kappa shape index (κ1) is 9.97. The lowest BCUT2D eigenvalue weighted by Gasteiger charge is -2.08. The summed E-state index contributed by atoms with van der Waals surface area (Å²) in [5, 5.41) is 3.26. The fourth-order valence-corrected chi connectivity index (χ4v) is 1.31. The van der Waals surface area contributed by atoms with Gasteiger partial charge in [-0.05, 0) is 13.8 Å². The van der Waals surface area contributed by atoms with Gasteiger partial charge in [0, 0.05) is 7.05 Å². The summed E-state index contributed by atoms with van der Waals surface area (Å²) in [5.41, 5.74) is 0. The van der Waals surface area contributed by atoms with E-state index in [0.29, 0.717) is 0 Å². The Bertz CT molecular complexity index is 381. The Labute approximate surface area is 77.0 Å². The van der Waals surface area contributed by atoms with Crippen molar-refractivity contribution in [3.05, 3.63) is 6.33 Å². The van der Waals surface area contributed by atoms with Crippen LogP contribution in [-0.2, 0) is 17.1 Å². The van der Waals surface area contributed by atoms with Crippen LogP contribution in [0.3, 0.4) is 0 Å². The van der Waals surface area contributed by atoms with E-state index in [1.165, 1.54) is 11.0 Å². The van der Waals surface area contributed by atoms with Gasteiger partial charge in [-0.25, -0.2) is 13.1 Å². The molecular formula is C6H12N4O2S. The zero-order valence-electron chi connectivity index (χ0n) is 7.72. The molecule has 0 spiro atoms. The van der Waals surface area contributed by atoms with Crippen LogP contribution in [0.1, 0.15) is 13.8 Å². The highest BCUT2D eigenvalue weighted by atomic mass is 32.2. The van der Waals surface area contributed by atoms with Crippen LogP contribution in [0.25, 0.3) is 0 Å². The molecule has 0 atom stereocenters. The van der Waals surface area contributed by atoms with Crippen molar-refractivity contribution >= 4 is 16.0 Å². The minimum atomic E-state index is -3.32. The van der Waals surface area contributed by atoms with E-state index < -0.39 is 15.3 Å². The normalized spacial score (nSPS) is 12.0. The second kappa shape index (κ2) is 3.33. The van der Waals surface area contributed by atoms with Crippen molar-refractivity contribution in [1.82, 2.24) is 14.8 Å². The molecule has 1 heterocycles. The molecule has 1 rings (SSSR count). The zero-order chi connectivity index (χ0) is 10.1. The van der Waals surface area contributed by atoms with Crippen LogP contribution in [0.2, 0.25) is 0 Å². The van der Waals surface area contributed by atoms with Crippen LogP contribution in [-0.4, -0.2) is 28.4 Å². The highest BCUT2D eigenvalue weighted by Crippen LogP contribution is 2.06. The predicted octanol–water partition coefficient (Wildman–Crippen LogP) is -0.0348. The van der Waals surface area contributed by atoms with Gasteiger partial charge in [0.1, 0.15) is 6.33 Å². The van der Waals surface area contributed by atoms with Crippen LogP contribution in [0.15, 0.2) is 6.33 Å². The van der Waals surface area contributed by atoms with Gasteiger partial charge in [0.15, 0.2) is 0 Å². The van der Waals surface area contributed by atoms with Crippen molar-refractivity contribution in [1.29, 1.82) is 0 Å². The summed E-state index contributed by atoms with van der Waals surface area (Å²) in [7, 11) is -1.70. The molecule has 0 fully saturated rings. The van der Waals surface area contributed by atoms with Crippen molar-refractivity contribution in [2.24, 2.45) is 7.05 Å². The molecule has 1 aromatic heterocycles. The molecule has 0 aliphatic carbocycles. The highest BCUT2D eigenvalue weighted by molar-refractivity contribution is 7.93. The first-order valence-electron chi connectivity index (χ1n) is 3.79. The molecule has 0 aromatic carbocycles. The Balaban J connectivity index is 2.88. The van der Waals surface area contributed by atoms with Gasteiger partial charge >= 0.3 is 0 Å². The van der Waals surface area contributed by atoms with E-state index in [1.54, 1.807) is 20.9 Å². The minimum absolute atomic E-state index is 0.230. The number of hydrogen-bond donors (Lipinski definition) is 1. The molecule has 74 valence electrons. The van der Waals surface area contributed by atoms with E-state index in [-0.39, 0.29) is 5.95 Å². The first-order valence-corrected chi connectivity index (χ1v) is 5.34. The largest absolute Gasteiger partial charge is 0.251 e. The Kier molecular flexibility index (Phi) is 2.55. The van der Waals surface area contributed by atoms with Crippen LogP contribution in [0, 0.1) is 0 Å². The van der Waals surface area contributed by atoms with Crippen molar-refractivity contribution in [3.63, 3.8) is 0 Å². The predicted molar refractivity (Wildman–Crippen MR) is 48.7 cm³/mol. The van der Waals surface area contributed by atoms with E-state index in [2.05, 4.69) is 14.8 Å². The molecular weight excluding hydrogens is 192 g/mol. The van der Waals surface area contributed by atoms with E-state index >= 15 is 0 Å². The molecule has 0 bridgehead atoms. The Morgan fingerprint density at radius 3 is 2.54 bits per heavy atom. The summed E-state index contributed by atoms with van der Waals surface area (Å²) in [5.74, 6) is 0.230. The molecule has 0 amide bonds. The molecule has 0 saturated heterocycles. The zero-order valence-corrected chi connectivity index (χ0v) is 8.54. The topological polar surface area (TPSA) is 76.9 Å². The number of nitrogens with zero attached hydrogens (tertiary/aromatic N) is 3. The Hall–Kier alpha value is -1.11. The number of nitrogens with one attached hydrogen (secondary N) is 1. The quantitative estimate of drug-likeness (QED) is 0.749. The molecule has 0 saturated carbocycles. The van der Waals surface area contributed by atoms with Crippen molar-refractivity contribution in [2.45, 2.75) is 19.1 Å². The van der Waals surface area contributed by atoms with E-state index in [4.69, 9.17) is 0 Å². The monoisotopic (exact) mass is 204 g/mol. The van der Waals surface area contributed by atoms with Crippen LogP contribution in [0.4, 0.5) is 5.95 Å². The Morgan fingerprint density at radius 2 is 2.15 bits per heavy atom. The second-order valence-electron chi connectivity index (χ2n) is 2.90. The van der Waals surface area contributed by atoms with Gasteiger partial charge in [-0.2, -0.15) is 10.1 Å². The van der Waals surface area contributed by atoms with Crippen molar-refractivity contribution in [3.8, 4) is 0 Å². The molecule has 0 aliphatic rings. The van der Waals surface area contributed by atoms with E-state index in [9.17, 15) is 8.42 Å². The molecule has 0 unspecified atom stereocenters. The van der Waals surface area contributed by atoms with Crippen LogP contribution in [0.5, 0.6) is 0 Å². The summed E-state index contributed by atoms with van der Waals surface area (Å²) in [4.78, 5) is 3.74. The lowest BCUT2D eigenvalue weighted by molar-refractivity contribution is 0.591. The second-order valence-corrected chi connectivity index (χ2v) is 5.14. The van der Waals surface area contributed by atoms with Gasteiger partial charge in [-0.3, -0.25) is 4.72 Å². The average Bonchev–Trinajstić information content (AvgIpc) is 2.35. The van der Waals surface area contributed by atoms with Gasteiger partial charge < -0.3 is 0 Å². The number of rotatable bonds is 3. The van der Waals surface area contributed by atoms with Gasteiger partial charge in [-0.1, -0.05) is 0 Å². The highest BCUT2D eigenvalue weighted by Gasteiger charge is 2.17. The standard InChI is InChI=1S/C6H12N4O2S/c1-5(2)13(11,12)9-6-7-4-8-10(6)3/h4-5H,1-3H3,(H,7,8,9). The van der Waals surface area contributed by atoms with E-state index in [0.717, 1.165) is 0 Å². The third-order valence-electron chi connectivity index (χ3n) is 1.57.